The molecule has 5 nitrogen and oxygen atoms in total. The zero-order valence-corrected chi connectivity index (χ0v) is 8.37. The Kier molecular flexibility index (Phi) is 3.28. The lowest BCUT2D eigenvalue weighted by Gasteiger charge is -2.17. The molecular weight excluding hydrogens is 208 g/mol. The van der Waals surface area contributed by atoms with Gasteiger partial charge in [0, 0.05) is 12.4 Å². The first-order chi connectivity index (χ1) is 7.90. The second kappa shape index (κ2) is 5.06. The lowest BCUT2D eigenvalue weighted by Crippen LogP contribution is -2.19. The molecule has 1 aromatic heterocycles. The molecule has 2 heterocycles. The van der Waals surface area contributed by atoms with Crippen LogP contribution >= 0.6 is 0 Å². The summed E-state index contributed by atoms with van der Waals surface area (Å²) in [6.45, 7) is 0.245. The van der Waals surface area contributed by atoms with Gasteiger partial charge in [0.25, 0.3) is 6.29 Å². The Balaban J connectivity index is 1.97. The van der Waals surface area contributed by atoms with E-state index in [1.54, 1.807) is 37.0 Å². The van der Waals surface area contributed by atoms with Gasteiger partial charge in [-0.2, -0.15) is 0 Å². The summed E-state index contributed by atoms with van der Waals surface area (Å²) in [7, 11) is 0. The van der Waals surface area contributed by atoms with Gasteiger partial charge in [0.2, 0.25) is 6.10 Å². The van der Waals surface area contributed by atoms with Crippen molar-refractivity contribution in [1.29, 1.82) is 0 Å². The largest absolute Gasteiger partial charge is 0.487 e. The number of carbonyl (C=O) groups excluding carboxylic acids is 1. The first-order valence-electron chi connectivity index (χ1n) is 4.67. The Morgan fingerprint density at radius 3 is 3.19 bits per heavy atom. The molecule has 0 saturated carbocycles. The van der Waals surface area contributed by atoms with Crippen molar-refractivity contribution in [3.63, 3.8) is 0 Å². The predicted molar refractivity (Wildman–Crippen MR) is 54.6 cm³/mol. The molecule has 0 aromatic carbocycles. The van der Waals surface area contributed by atoms with Crippen LogP contribution < -0.4 is 0 Å². The fraction of sp³-hybridized carbons (Fsp3) is 0.182. The van der Waals surface area contributed by atoms with Crippen molar-refractivity contribution >= 4 is 6.29 Å². The molecule has 16 heavy (non-hydrogen) atoms. The zero-order chi connectivity index (χ0) is 11.2. The van der Waals surface area contributed by atoms with Crippen molar-refractivity contribution < 1.29 is 14.3 Å². The van der Waals surface area contributed by atoms with Gasteiger partial charge in [-0.15, -0.1) is 0 Å². The Bertz CT molecular complexity index is 414. The monoisotopic (exact) mass is 217 g/mol. The topological polar surface area (TPSA) is 61.3 Å². The summed E-state index contributed by atoms with van der Waals surface area (Å²) in [5.74, 6) is 0.420. The van der Waals surface area contributed by atoms with Crippen molar-refractivity contribution in [3.8, 4) is 0 Å². The van der Waals surface area contributed by atoms with Gasteiger partial charge >= 0.3 is 0 Å². The summed E-state index contributed by atoms with van der Waals surface area (Å²) in [4.78, 5) is 18.5. The molecule has 0 aliphatic carbocycles. The van der Waals surface area contributed by atoms with E-state index in [-0.39, 0.29) is 6.61 Å². The molecule has 0 amide bonds. The molecule has 2 rings (SSSR count). The summed E-state index contributed by atoms with van der Waals surface area (Å²) >= 11 is 0. The van der Waals surface area contributed by atoms with Crippen molar-refractivity contribution in [1.82, 2.24) is 9.97 Å². The van der Waals surface area contributed by atoms with Crippen molar-refractivity contribution in [2.75, 3.05) is 0 Å². The van der Waals surface area contributed by atoms with Gasteiger partial charge in [0.1, 0.15) is 12.4 Å². The summed E-state index contributed by atoms with van der Waals surface area (Å²) < 4.78 is 10.4. The SMILES string of the molecule is O=[C]C1OC=CC=C1OCc1cnccn1. The molecule has 81 valence electrons. The van der Waals surface area contributed by atoms with Crippen molar-refractivity contribution in [2.24, 2.45) is 0 Å². The Morgan fingerprint density at radius 1 is 1.50 bits per heavy atom. The molecule has 0 saturated heterocycles. The molecule has 1 aliphatic rings. The summed E-state index contributed by atoms with van der Waals surface area (Å²) in [6, 6.07) is 0. The van der Waals surface area contributed by atoms with Crippen LogP contribution in [-0.2, 0) is 20.9 Å². The van der Waals surface area contributed by atoms with E-state index in [2.05, 4.69) is 9.97 Å². The zero-order valence-electron chi connectivity index (χ0n) is 8.37. The van der Waals surface area contributed by atoms with Crippen LogP contribution in [0.3, 0.4) is 0 Å². The van der Waals surface area contributed by atoms with Crippen molar-refractivity contribution in [2.45, 2.75) is 12.7 Å². The maximum atomic E-state index is 10.5. The van der Waals surface area contributed by atoms with Crippen LogP contribution in [0.15, 0.2) is 42.8 Å². The van der Waals surface area contributed by atoms with Gasteiger partial charge in [0.05, 0.1) is 18.2 Å². The smallest absolute Gasteiger partial charge is 0.251 e. The van der Waals surface area contributed by atoms with E-state index in [4.69, 9.17) is 9.47 Å². The Morgan fingerprint density at radius 2 is 2.44 bits per heavy atom. The molecule has 1 unspecified atom stereocenters. The molecular formula is C11H9N2O3. The van der Waals surface area contributed by atoms with E-state index in [9.17, 15) is 4.79 Å². The van der Waals surface area contributed by atoms with Crippen LogP contribution in [0.5, 0.6) is 0 Å². The molecule has 0 bridgehead atoms. The van der Waals surface area contributed by atoms with E-state index >= 15 is 0 Å². The third-order valence-corrected chi connectivity index (χ3v) is 1.92. The number of allylic oxidation sites excluding steroid dienone is 2. The number of ether oxygens (including phenoxy) is 2. The highest BCUT2D eigenvalue weighted by Gasteiger charge is 2.18. The number of nitrogens with zero attached hydrogens (tertiary/aromatic N) is 2. The highest BCUT2D eigenvalue weighted by molar-refractivity contribution is 5.62. The molecule has 0 N–H and O–H groups in total. The molecule has 1 aromatic rings. The molecule has 0 spiro atoms. The van der Waals surface area contributed by atoms with Crippen LogP contribution in [0.2, 0.25) is 0 Å². The third-order valence-electron chi connectivity index (χ3n) is 1.92. The lowest BCUT2D eigenvalue weighted by molar-refractivity contribution is 0.107. The van der Waals surface area contributed by atoms with Crippen LogP contribution in [0.25, 0.3) is 0 Å². The number of hydrogen-bond acceptors (Lipinski definition) is 5. The molecule has 1 atom stereocenters. The molecule has 5 heteroatoms. The summed E-state index contributed by atoms with van der Waals surface area (Å²) in [5.41, 5.74) is 0.683. The molecule has 1 aliphatic heterocycles. The quantitative estimate of drug-likeness (QED) is 0.749. The lowest BCUT2D eigenvalue weighted by atomic mass is 10.2. The van der Waals surface area contributed by atoms with Crippen LogP contribution in [0.4, 0.5) is 0 Å². The molecule has 0 fully saturated rings. The third kappa shape index (κ3) is 2.44. The van der Waals surface area contributed by atoms with E-state index in [0.717, 1.165) is 0 Å². The molecule has 1 radical (unpaired) electrons. The average molecular weight is 217 g/mol. The normalized spacial score (nSPS) is 18.5. The van der Waals surface area contributed by atoms with E-state index in [1.807, 2.05) is 0 Å². The van der Waals surface area contributed by atoms with Gasteiger partial charge in [-0.3, -0.25) is 14.8 Å². The Labute approximate surface area is 92.4 Å². The van der Waals surface area contributed by atoms with Crippen molar-refractivity contribution in [3.05, 3.63) is 48.5 Å². The van der Waals surface area contributed by atoms with E-state index < -0.39 is 6.10 Å². The summed E-state index contributed by atoms with van der Waals surface area (Å²) in [6.07, 6.45) is 10.4. The minimum absolute atomic E-state index is 0.245. The van der Waals surface area contributed by atoms with Crippen LogP contribution in [-0.4, -0.2) is 22.4 Å². The Hall–Kier alpha value is -2.17. The van der Waals surface area contributed by atoms with Crippen LogP contribution in [0, 0.1) is 0 Å². The first kappa shape index (κ1) is 10.4. The van der Waals surface area contributed by atoms with E-state index in [1.165, 1.54) is 6.26 Å². The highest BCUT2D eigenvalue weighted by atomic mass is 16.5. The maximum absolute atomic E-state index is 10.5. The average Bonchev–Trinajstić information content (AvgIpc) is 2.38. The van der Waals surface area contributed by atoms with Gasteiger partial charge in [-0.05, 0) is 12.2 Å². The predicted octanol–water partition coefficient (Wildman–Crippen LogP) is 0.899. The minimum Gasteiger partial charge on any atom is -0.487 e. The number of aromatic nitrogens is 2. The number of rotatable bonds is 4. The first-order valence-corrected chi connectivity index (χ1v) is 4.67. The van der Waals surface area contributed by atoms with Crippen LogP contribution in [0.1, 0.15) is 5.69 Å². The van der Waals surface area contributed by atoms with E-state index in [0.29, 0.717) is 11.5 Å². The fourth-order valence-electron chi connectivity index (χ4n) is 1.18. The minimum atomic E-state index is -0.790. The highest BCUT2D eigenvalue weighted by Crippen LogP contribution is 2.13. The van der Waals surface area contributed by atoms with Gasteiger partial charge in [0.15, 0.2) is 0 Å². The maximum Gasteiger partial charge on any atom is 0.251 e. The standard InChI is InChI=1S/C11H9N2O3/c14-7-11-10(2-1-5-15-11)16-8-9-6-12-3-4-13-9/h1-6,11H,8H2. The second-order valence-electron chi connectivity index (χ2n) is 3.02. The summed E-state index contributed by atoms with van der Waals surface area (Å²) in [5, 5.41) is 0. The van der Waals surface area contributed by atoms with Gasteiger partial charge in [-0.25, -0.2) is 0 Å². The second-order valence-corrected chi connectivity index (χ2v) is 3.02. The van der Waals surface area contributed by atoms with Gasteiger partial charge in [-0.1, -0.05) is 0 Å². The van der Waals surface area contributed by atoms with Gasteiger partial charge < -0.3 is 9.47 Å². The number of hydrogen-bond donors (Lipinski definition) is 0. The fourth-order valence-corrected chi connectivity index (χ4v) is 1.18.